The van der Waals surface area contributed by atoms with Crippen LogP contribution in [0.4, 0.5) is 4.39 Å². The highest BCUT2D eigenvalue weighted by molar-refractivity contribution is 5.75. The molecule has 1 aromatic carbocycles. The second kappa shape index (κ2) is 5.79. The van der Waals surface area contributed by atoms with Crippen molar-refractivity contribution in [2.24, 2.45) is 5.41 Å². The lowest BCUT2D eigenvalue weighted by atomic mass is 9.83. The molecule has 1 heterocycles. The van der Waals surface area contributed by atoms with Gasteiger partial charge in [0.25, 0.3) is 0 Å². The van der Waals surface area contributed by atoms with Crippen LogP contribution in [-0.4, -0.2) is 34.2 Å². The minimum absolute atomic E-state index is 0.0998. The molecule has 0 radical (unpaired) electrons. The van der Waals surface area contributed by atoms with Crippen LogP contribution in [-0.2, 0) is 11.3 Å². The number of phenols is 1. The van der Waals surface area contributed by atoms with Crippen molar-refractivity contribution in [1.29, 1.82) is 0 Å². The van der Waals surface area contributed by atoms with E-state index in [-0.39, 0.29) is 5.75 Å². The summed E-state index contributed by atoms with van der Waals surface area (Å²) in [5.41, 5.74) is -0.00963. The zero-order valence-corrected chi connectivity index (χ0v) is 11.6. The Kier molecular flexibility index (Phi) is 4.28. The summed E-state index contributed by atoms with van der Waals surface area (Å²) in [4.78, 5) is 13.5. The molecule has 0 saturated carbocycles. The van der Waals surface area contributed by atoms with Crippen molar-refractivity contribution in [3.05, 3.63) is 29.6 Å². The van der Waals surface area contributed by atoms with Crippen molar-refractivity contribution in [2.45, 2.75) is 32.7 Å². The van der Waals surface area contributed by atoms with Crippen LogP contribution in [0, 0.1) is 11.2 Å². The summed E-state index contributed by atoms with van der Waals surface area (Å²) in [7, 11) is 0. The lowest BCUT2D eigenvalue weighted by Crippen LogP contribution is -2.34. The average Bonchev–Trinajstić information content (AvgIpc) is 2.72. The average molecular weight is 281 g/mol. The van der Waals surface area contributed by atoms with E-state index in [9.17, 15) is 19.4 Å². The summed E-state index contributed by atoms with van der Waals surface area (Å²) in [5.74, 6) is -1.32. The molecule has 1 fully saturated rings. The zero-order valence-electron chi connectivity index (χ0n) is 11.6. The van der Waals surface area contributed by atoms with Gasteiger partial charge in [0, 0.05) is 19.2 Å². The number of aromatic hydroxyl groups is 1. The number of carboxylic acids is 1. The topological polar surface area (TPSA) is 60.8 Å². The molecule has 0 aromatic heterocycles. The van der Waals surface area contributed by atoms with Gasteiger partial charge in [0.15, 0.2) is 0 Å². The number of halogens is 1. The SMILES string of the molecule is CCCC1(C(=O)O)CCN(Cc2cc(O)cc(F)c2)C1. The Morgan fingerprint density at radius 2 is 2.20 bits per heavy atom. The maximum absolute atomic E-state index is 13.2. The molecule has 1 aliphatic heterocycles. The van der Waals surface area contributed by atoms with E-state index in [4.69, 9.17) is 0 Å². The van der Waals surface area contributed by atoms with Crippen LogP contribution in [0.15, 0.2) is 18.2 Å². The fraction of sp³-hybridized carbons (Fsp3) is 0.533. The van der Waals surface area contributed by atoms with Crippen molar-refractivity contribution >= 4 is 5.97 Å². The van der Waals surface area contributed by atoms with Gasteiger partial charge in [-0.2, -0.15) is 0 Å². The highest BCUT2D eigenvalue weighted by atomic mass is 19.1. The van der Waals surface area contributed by atoms with Crippen molar-refractivity contribution < 1.29 is 19.4 Å². The van der Waals surface area contributed by atoms with Gasteiger partial charge in [-0.3, -0.25) is 9.69 Å². The van der Waals surface area contributed by atoms with Crippen molar-refractivity contribution in [1.82, 2.24) is 4.90 Å². The standard InChI is InChI=1S/C15H20FNO3/c1-2-3-15(14(19)20)4-5-17(10-15)9-11-6-12(16)8-13(18)7-11/h6-8,18H,2-5,9-10H2,1H3,(H,19,20). The first-order chi connectivity index (χ1) is 9.45. The zero-order chi connectivity index (χ0) is 14.8. The Bertz CT molecular complexity index is 486. The second-order valence-corrected chi connectivity index (χ2v) is 5.61. The molecule has 0 amide bonds. The van der Waals surface area contributed by atoms with E-state index >= 15 is 0 Å². The first-order valence-corrected chi connectivity index (χ1v) is 6.89. The predicted octanol–water partition coefficient (Wildman–Crippen LogP) is 2.61. The van der Waals surface area contributed by atoms with Crippen LogP contribution in [0.1, 0.15) is 31.7 Å². The number of carbonyl (C=O) groups is 1. The number of hydrogen-bond donors (Lipinski definition) is 2. The van der Waals surface area contributed by atoms with Gasteiger partial charge in [-0.15, -0.1) is 0 Å². The van der Waals surface area contributed by atoms with Gasteiger partial charge in [-0.25, -0.2) is 4.39 Å². The van der Waals surface area contributed by atoms with E-state index in [1.54, 1.807) is 0 Å². The molecule has 1 aliphatic rings. The van der Waals surface area contributed by atoms with Gasteiger partial charge in [-0.1, -0.05) is 13.3 Å². The van der Waals surface area contributed by atoms with Crippen LogP contribution < -0.4 is 0 Å². The number of likely N-dealkylation sites (tertiary alicyclic amines) is 1. The summed E-state index contributed by atoms with van der Waals surface area (Å²) in [6.45, 7) is 3.61. The van der Waals surface area contributed by atoms with E-state index in [1.165, 1.54) is 12.1 Å². The monoisotopic (exact) mass is 281 g/mol. The Morgan fingerprint density at radius 3 is 2.80 bits per heavy atom. The largest absolute Gasteiger partial charge is 0.508 e. The molecule has 1 atom stereocenters. The van der Waals surface area contributed by atoms with E-state index in [1.807, 2.05) is 11.8 Å². The third kappa shape index (κ3) is 3.10. The van der Waals surface area contributed by atoms with E-state index in [0.29, 0.717) is 38.0 Å². The number of hydrogen-bond acceptors (Lipinski definition) is 3. The van der Waals surface area contributed by atoms with Gasteiger partial charge in [-0.05, 0) is 37.1 Å². The molecule has 4 nitrogen and oxygen atoms in total. The molecule has 1 aromatic rings. The maximum atomic E-state index is 13.2. The number of benzene rings is 1. The molecule has 2 rings (SSSR count). The van der Waals surface area contributed by atoms with Crippen molar-refractivity contribution in [2.75, 3.05) is 13.1 Å². The molecule has 20 heavy (non-hydrogen) atoms. The number of carboxylic acid groups (broad SMARTS) is 1. The normalized spacial score (nSPS) is 23.1. The Hall–Kier alpha value is -1.62. The second-order valence-electron chi connectivity index (χ2n) is 5.61. The fourth-order valence-corrected chi connectivity index (χ4v) is 3.04. The molecular formula is C15H20FNO3. The van der Waals surface area contributed by atoms with Gasteiger partial charge in [0.1, 0.15) is 11.6 Å². The van der Waals surface area contributed by atoms with Crippen LogP contribution in [0.25, 0.3) is 0 Å². The quantitative estimate of drug-likeness (QED) is 0.871. The molecule has 0 bridgehead atoms. The fourth-order valence-electron chi connectivity index (χ4n) is 3.04. The third-order valence-electron chi connectivity index (χ3n) is 3.96. The van der Waals surface area contributed by atoms with Gasteiger partial charge < -0.3 is 10.2 Å². The summed E-state index contributed by atoms with van der Waals surface area (Å²) in [6.07, 6.45) is 2.12. The molecule has 0 spiro atoms. The molecule has 1 saturated heterocycles. The molecule has 0 aliphatic carbocycles. The molecule has 2 N–H and O–H groups in total. The molecule has 110 valence electrons. The number of aliphatic carboxylic acids is 1. The molecule has 1 unspecified atom stereocenters. The Labute approximate surface area is 117 Å². The van der Waals surface area contributed by atoms with E-state index in [2.05, 4.69) is 0 Å². The van der Waals surface area contributed by atoms with E-state index in [0.717, 1.165) is 12.5 Å². The number of nitrogens with zero attached hydrogens (tertiary/aromatic N) is 1. The summed E-state index contributed by atoms with van der Waals surface area (Å²) in [5, 5.41) is 18.8. The van der Waals surface area contributed by atoms with E-state index < -0.39 is 17.2 Å². The number of phenolic OH excluding ortho intramolecular Hbond substituents is 1. The van der Waals surface area contributed by atoms with Crippen molar-refractivity contribution in [3.63, 3.8) is 0 Å². The minimum atomic E-state index is -0.746. The van der Waals surface area contributed by atoms with Gasteiger partial charge in [0.2, 0.25) is 0 Å². The summed E-state index contributed by atoms with van der Waals surface area (Å²) < 4.78 is 13.2. The first-order valence-electron chi connectivity index (χ1n) is 6.89. The smallest absolute Gasteiger partial charge is 0.310 e. The highest BCUT2D eigenvalue weighted by Gasteiger charge is 2.43. The van der Waals surface area contributed by atoms with Gasteiger partial charge >= 0.3 is 5.97 Å². The maximum Gasteiger partial charge on any atom is 0.310 e. The summed E-state index contributed by atoms with van der Waals surface area (Å²) >= 11 is 0. The summed E-state index contributed by atoms with van der Waals surface area (Å²) in [6, 6.07) is 3.95. The lowest BCUT2D eigenvalue weighted by Gasteiger charge is -2.24. The van der Waals surface area contributed by atoms with Gasteiger partial charge in [0.05, 0.1) is 5.41 Å². The van der Waals surface area contributed by atoms with Crippen LogP contribution in [0.3, 0.4) is 0 Å². The Balaban J connectivity index is 2.07. The van der Waals surface area contributed by atoms with Crippen LogP contribution >= 0.6 is 0 Å². The lowest BCUT2D eigenvalue weighted by molar-refractivity contribution is -0.148. The minimum Gasteiger partial charge on any atom is -0.508 e. The third-order valence-corrected chi connectivity index (χ3v) is 3.96. The predicted molar refractivity (Wildman–Crippen MR) is 72.9 cm³/mol. The van der Waals surface area contributed by atoms with Crippen LogP contribution in [0.2, 0.25) is 0 Å². The highest BCUT2D eigenvalue weighted by Crippen LogP contribution is 2.36. The molecular weight excluding hydrogens is 261 g/mol. The van der Waals surface area contributed by atoms with Crippen LogP contribution in [0.5, 0.6) is 5.75 Å². The van der Waals surface area contributed by atoms with Crippen molar-refractivity contribution in [3.8, 4) is 5.75 Å². The first kappa shape index (κ1) is 14.8. The number of rotatable bonds is 5. The Morgan fingerprint density at radius 1 is 1.45 bits per heavy atom. The molecule has 5 heteroatoms.